The Hall–Kier alpha value is -0.870. The Balaban J connectivity index is 1.78. The summed E-state index contributed by atoms with van der Waals surface area (Å²) in [7, 11) is 2.00. The highest BCUT2D eigenvalue weighted by molar-refractivity contribution is 5.07. The fourth-order valence-electron chi connectivity index (χ4n) is 4.00. The summed E-state index contributed by atoms with van der Waals surface area (Å²) in [4.78, 5) is 2.69. The van der Waals surface area contributed by atoms with Crippen LogP contribution in [-0.2, 0) is 13.6 Å². The smallest absolute Gasteiger partial charge is 0.0764 e. The second-order valence-corrected chi connectivity index (χ2v) is 7.38. The first kappa shape index (κ1) is 15.0. The molecule has 1 aliphatic heterocycles. The Kier molecular flexibility index (Phi) is 4.10. The summed E-state index contributed by atoms with van der Waals surface area (Å²) >= 11 is 0. The standard InChI is InChI=1S/C17H30N4/c1-4-16(2)13-18-17(9-6-5-7-10-17)14-21(16)12-15-8-11-20(3)19-15/h8,11,18H,4-7,9-10,12-14H2,1-3H3. The van der Waals surface area contributed by atoms with E-state index in [1.54, 1.807) is 0 Å². The van der Waals surface area contributed by atoms with Crippen LogP contribution in [0.3, 0.4) is 0 Å². The predicted octanol–water partition coefficient (Wildman–Crippen LogP) is 2.70. The van der Waals surface area contributed by atoms with Gasteiger partial charge in [-0.3, -0.25) is 9.58 Å². The molecule has 1 spiro atoms. The van der Waals surface area contributed by atoms with Crippen LogP contribution in [-0.4, -0.2) is 38.8 Å². The summed E-state index contributed by atoms with van der Waals surface area (Å²) < 4.78 is 1.91. The average molecular weight is 290 g/mol. The first-order valence-electron chi connectivity index (χ1n) is 8.54. The topological polar surface area (TPSA) is 33.1 Å². The Bertz CT molecular complexity index is 475. The Morgan fingerprint density at radius 3 is 2.67 bits per heavy atom. The van der Waals surface area contributed by atoms with Crippen molar-refractivity contribution >= 4 is 0 Å². The van der Waals surface area contributed by atoms with E-state index in [1.165, 1.54) is 50.8 Å². The molecule has 1 aliphatic carbocycles. The maximum Gasteiger partial charge on any atom is 0.0764 e. The van der Waals surface area contributed by atoms with Crippen LogP contribution in [0.1, 0.15) is 58.1 Å². The molecule has 1 N–H and O–H groups in total. The first-order valence-corrected chi connectivity index (χ1v) is 8.54. The van der Waals surface area contributed by atoms with E-state index in [1.807, 2.05) is 11.7 Å². The van der Waals surface area contributed by atoms with Crippen molar-refractivity contribution in [2.45, 2.75) is 70.0 Å². The molecular formula is C17H30N4. The molecule has 118 valence electrons. The van der Waals surface area contributed by atoms with Crippen LogP contribution in [0.4, 0.5) is 0 Å². The third-order valence-corrected chi connectivity index (χ3v) is 5.80. The maximum absolute atomic E-state index is 4.59. The van der Waals surface area contributed by atoms with Gasteiger partial charge in [-0.05, 0) is 32.3 Å². The van der Waals surface area contributed by atoms with E-state index in [9.17, 15) is 0 Å². The number of aryl methyl sites for hydroxylation is 1. The van der Waals surface area contributed by atoms with Crippen LogP contribution in [0.2, 0.25) is 0 Å². The summed E-state index contributed by atoms with van der Waals surface area (Å²) in [5, 5.41) is 8.52. The fourth-order valence-corrected chi connectivity index (χ4v) is 4.00. The fraction of sp³-hybridized carbons (Fsp3) is 0.824. The Labute approximate surface area is 128 Å². The molecule has 1 saturated heterocycles. The number of hydrogen-bond donors (Lipinski definition) is 1. The molecule has 2 fully saturated rings. The van der Waals surface area contributed by atoms with Gasteiger partial charge >= 0.3 is 0 Å². The van der Waals surface area contributed by atoms with E-state index in [0.717, 1.165) is 13.1 Å². The quantitative estimate of drug-likeness (QED) is 0.929. The van der Waals surface area contributed by atoms with Gasteiger partial charge in [0.05, 0.1) is 5.69 Å². The molecule has 1 atom stereocenters. The van der Waals surface area contributed by atoms with E-state index in [-0.39, 0.29) is 5.54 Å². The van der Waals surface area contributed by atoms with Crippen LogP contribution in [0, 0.1) is 0 Å². The summed E-state index contributed by atoms with van der Waals surface area (Å²) in [6.45, 7) is 7.98. The van der Waals surface area contributed by atoms with Gasteiger partial charge in [0.2, 0.25) is 0 Å². The van der Waals surface area contributed by atoms with Gasteiger partial charge < -0.3 is 5.32 Å². The molecular weight excluding hydrogens is 260 g/mol. The molecule has 1 aromatic rings. The van der Waals surface area contributed by atoms with Crippen molar-refractivity contribution in [3.05, 3.63) is 18.0 Å². The highest BCUT2D eigenvalue weighted by Gasteiger charge is 2.44. The third-order valence-electron chi connectivity index (χ3n) is 5.80. The molecule has 0 bridgehead atoms. The summed E-state index contributed by atoms with van der Waals surface area (Å²) in [5.41, 5.74) is 1.81. The predicted molar refractivity (Wildman–Crippen MR) is 86.1 cm³/mol. The average Bonchev–Trinajstić information content (AvgIpc) is 2.90. The lowest BCUT2D eigenvalue weighted by atomic mass is 9.77. The monoisotopic (exact) mass is 290 g/mol. The second-order valence-electron chi connectivity index (χ2n) is 7.38. The lowest BCUT2D eigenvalue weighted by Crippen LogP contribution is -2.69. The van der Waals surface area contributed by atoms with E-state index in [0.29, 0.717) is 5.54 Å². The SMILES string of the molecule is CCC1(C)CNC2(CCCCC2)CN1Cc1ccn(C)n1. The molecule has 1 aromatic heterocycles. The highest BCUT2D eigenvalue weighted by Crippen LogP contribution is 2.36. The van der Waals surface area contributed by atoms with E-state index in [2.05, 4.69) is 41.4 Å². The van der Waals surface area contributed by atoms with Gasteiger partial charge in [0.25, 0.3) is 0 Å². The molecule has 0 aromatic carbocycles. The van der Waals surface area contributed by atoms with E-state index >= 15 is 0 Å². The van der Waals surface area contributed by atoms with Gasteiger partial charge in [-0.15, -0.1) is 0 Å². The minimum Gasteiger partial charge on any atom is -0.308 e. The first-order chi connectivity index (χ1) is 10.1. The molecule has 1 saturated carbocycles. The molecule has 3 rings (SSSR count). The summed E-state index contributed by atoms with van der Waals surface area (Å²) in [6, 6.07) is 2.16. The van der Waals surface area contributed by atoms with Crippen LogP contribution in [0.5, 0.6) is 0 Å². The van der Waals surface area contributed by atoms with E-state index in [4.69, 9.17) is 0 Å². The molecule has 4 nitrogen and oxygen atoms in total. The normalized spacial score (nSPS) is 29.9. The molecule has 0 amide bonds. The lowest BCUT2D eigenvalue weighted by Gasteiger charge is -2.54. The molecule has 1 unspecified atom stereocenters. The van der Waals surface area contributed by atoms with Crippen molar-refractivity contribution in [2.24, 2.45) is 7.05 Å². The molecule has 2 aliphatic rings. The molecule has 0 radical (unpaired) electrons. The van der Waals surface area contributed by atoms with Gasteiger partial charge in [0.15, 0.2) is 0 Å². The minimum atomic E-state index is 0.250. The Morgan fingerprint density at radius 1 is 1.29 bits per heavy atom. The van der Waals surface area contributed by atoms with Crippen molar-refractivity contribution in [2.75, 3.05) is 13.1 Å². The number of piperazine rings is 1. The van der Waals surface area contributed by atoms with Gasteiger partial charge in [-0.1, -0.05) is 26.2 Å². The van der Waals surface area contributed by atoms with Crippen molar-refractivity contribution in [1.82, 2.24) is 20.0 Å². The summed E-state index contributed by atoms with van der Waals surface area (Å²) in [6.07, 6.45) is 10.1. The third kappa shape index (κ3) is 3.02. The second kappa shape index (κ2) is 5.73. The number of hydrogen-bond acceptors (Lipinski definition) is 3. The van der Waals surface area contributed by atoms with Crippen molar-refractivity contribution in [3.8, 4) is 0 Å². The maximum atomic E-state index is 4.59. The van der Waals surface area contributed by atoms with Crippen LogP contribution in [0.25, 0.3) is 0 Å². The van der Waals surface area contributed by atoms with Crippen LogP contribution in [0.15, 0.2) is 12.3 Å². The molecule has 4 heteroatoms. The number of aromatic nitrogens is 2. The van der Waals surface area contributed by atoms with Crippen molar-refractivity contribution in [1.29, 1.82) is 0 Å². The number of nitrogens with zero attached hydrogens (tertiary/aromatic N) is 3. The highest BCUT2D eigenvalue weighted by atomic mass is 15.3. The lowest BCUT2D eigenvalue weighted by molar-refractivity contribution is -0.00820. The van der Waals surface area contributed by atoms with Crippen molar-refractivity contribution < 1.29 is 0 Å². The zero-order chi connectivity index (χ0) is 14.9. The van der Waals surface area contributed by atoms with Crippen LogP contribution >= 0.6 is 0 Å². The van der Waals surface area contributed by atoms with Gasteiger partial charge in [-0.2, -0.15) is 5.10 Å². The molecule has 21 heavy (non-hydrogen) atoms. The number of nitrogens with one attached hydrogen (secondary N) is 1. The van der Waals surface area contributed by atoms with Gasteiger partial charge in [-0.25, -0.2) is 0 Å². The van der Waals surface area contributed by atoms with Gasteiger partial charge in [0, 0.05) is 44.0 Å². The zero-order valence-corrected chi connectivity index (χ0v) is 13.9. The van der Waals surface area contributed by atoms with E-state index < -0.39 is 0 Å². The van der Waals surface area contributed by atoms with Gasteiger partial charge in [0.1, 0.15) is 0 Å². The largest absolute Gasteiger partial charge is 0.308 e. The number of rotatable bonds is 3. The molecule has 2 heterocycles. The summed E-state index contributed by atoms with van der Waals surface area (Å²) in [5.74, 6) is 0. The van der Waals surface area contributed by atoms with Crippen LogP contribution < -0.4 is 5.32 Å². The van der Waals surface area contributed by atoms with Crippen molar-refractivity contribution in [3.63, 3.8) is 0 Å². The Morgan fingerprint density at radius 2 is 2.05 bits per heavy atom. The minimum absolute atomic E-state index is 0.250. The zero-order valence-electron chi connectivity index (χ0n) is 13.9.